The molecule has 0 saturated heterocycles. The van der Waals surface area contributed by atoms with E-state index < -0.39 is 0 Å². The summed E-state index contributed by atoms with van der Waals surface area (Å²) in [5.74, 6) is 0. The number of aromatic nitrogens is 1. The van der Waals surface area contributed by atoms with Crippen LogP contribution >= 0.6 is 11.3 Å². The van der Waals surface area contributed by atoms with Crippen LogP contribution < -0.4 is 4.90 Å². The fourth-order valence-electron chi connectivity index (χ4n) is 7.67. The molecule has 0 spiro atoms. The average molecular weight is 643 g/mol. The van der Waals surface area contributed by atoms with Crippen molar-refractivity contribution in [2.24, 2.45) is 0 Å². The van der Waals surface area contributed by atoms with Gasteiger partial charge in [-0.2, -0.15) is 0 Å². The minimum atomic E-state index is 1.15. The molecule has 49 heavy (non-hydrogen) atoms. The molecule has 230 valence electrons. The van der Waals surface area contributed by atoms with E-state index in [-0.39, 0.29) is 0 Å². The van der Waals surface area contributed by atoms with Gasteiger partial charge in [-0.3, -0.25) is 0 Å². The lowest BCUT2D eigenvalue weighted by molar-refractivity contribution is 1.18. The van der Waals surface area contributed by atoms with Gasteiger partial charge < -0.3 is 9.47 Å². The van der Waals surface area contributed by atoms with Crippen LogP contribution in [-0.2, 0) is 0 Å². The quantitative estimate of drug-likeness (QED) is 0.181. The van der Waals surface area contributed by atoms with Gasteiger partial charge in [0.1, 0.15) is 0 Å². The summed E-state index contributed by atoms with van der Waals surface area (Å²) in [6.07, 6.45) is 0. The van der Waals surface area contributed by atoms with Crippen molar-refractivity contribution < 1.29 is 0 Å². The summed E-state index contributed by atoms with van der Waals surface area (Å²) in [4.78, 5) is 2.56. The van der Waals surface area contributed by atoms with Gasteiger partial charge in [0.05, 0.1) is 32.8 Å². The first-order chi connectivity index (χ1) is 24.3. The third kappa shape index (κ3) is 4.33. The van der Waals surface area contributed by atoms with Crippen LogP contribution in [0.1, 0.15) is 0 Å². The van der Waals surface area contributed by atoms with E-state index in [9.17, 15) is 0 Å². The van der Waals surface area contributed by atoms with E-state index in [2.05, 4.69) is 191 Å². The summed E-state index contributed by atoms with van der Waals surface area (Å²) in [7, 11) is 0. The number of rotatable bonds is 5. The minimum absolute atomic E-state index is 1.15. The molecule has 0 atom stereocenters. The molecule has 2 heterocycles. The second-order valence-electron chi connectivity index (χ2n) is 12.5. The maximum absolute atomic E-state index is 2.56. The van der Waals surface area contributed by atoms with Crippen molar-refractivity contribution >= 4 is 81.1 Å². The number of hydrogen-bond donors (Lipinski definition) is 0. The van der Waals surface area contributed by atoms with E-state index >= 15 is 0 Å². The Hall–Kier alpha value is -6.16. The Labute approximate surface area is 288 Å². The van der Waals surface area contributed by atoms with E-state index in [4.69, 9.17) is 0 Å². The molecule has 2 aromatic heterocycles. The fraction of sp³-hybridized carbons (Fsp3) is 0. The molecule has 0 N–H and O–H groups in total. The Morgan fingerprint density at radius 2 is 1.08 bits per heavy atom. The lowest BCUT2D eigenvalue weighted by Crippen LogP contribution is -2.12. The van der Waals surface area contributed by atoms with Gasteiger partial charge in [-0.25, -0.2) is 0 Å². The third-order valence-corrected chi connectivity index (χ3v) is 10.9. The van der Waals surface area contributed by atoms with Crippen molar-refractivity contribution in [1.29, 1.82) is 0 Å². The van der Waals surface area contributed by atoms with Gasteiger partial charge in [0.2, 0.25) is 0 Å². The van der Waals surface area contributed by atoms with Gasteiger partial charge in [0.25, 0.3) is 0 Å². The average Bonchev–Trinajstić information content (AvgIpc) is 3.72. The number of thiophene rings is 1. The first-order valence-corrected chi connectivity index (χ1v) is 17.5. The molecule has 8 aromatic carbocycles. The number of benzene rings is 8. The van der Waals surface area contributed by atoms with E-state index in [1.807, 2.05) is 11.3 Å². The van der Waals surface area contributed by atoms with Gasteiger partial charge in [-0.05, 0) is 59.5 Å². The van der Waals surface area contributed by atoms with Gasteiger partial charge in [-0.15, -0.1) is 11.3 Å². The number of para-hydroxylation sites is 3. The van der Waals surface area contributed by atoms with Crippen molar-refractivity contribution in [2.75, 3.05) is 4.90 Å². The minimum Gasteiger partial charge on any atom is -0.309 e. The Kier molecular flexibility index (Phi) is 6.39. The summed E-state index contributed by atoms with van der Waals surface area (Å²) < 4.78 is 4.99. The standard InChI is InChI=1S/C46H30N2S/c1-3-16-31(17-4-1)34-21-9-12-25-39(34)48(45-35-22-8-7-18-32(35)30-38-36-23-11-14-29-43(36)49-46(38)45)42-28-15-27-41-44(42)37-24-10-13-26-40(37)47(41)33-19-5-2-6-20-33/h1-30H. The van der Waals surface area contributed by atoms with Gasteiger partial charge in [0, 0.05) is 42.9 Å². The van der Waals surface area contributed by atoms with Crippen LogP contribution in [0.3, 0.4) is 0 Å². The molecule has 0 bridgehead atoms. The molecular formula is C46H30N2S. The van der Waals surface area contributed by atoms with Crippen LogP contribution in [0.25, 0.3) is 69.6 Å². The molecule has 2 nitrogen and oxygen atoms in total. The van der Waals surface area contributed by atoms with Crippen LogP contribution in [0.4, 0.5) is 17.1 Å². The predicted molar refractivity (Wildman–Crippen MR) is 211 cm³/mol. The molecule has 0 aliphatic carbocycles. The molecule has 10 rings (SSSR count). The zero-order valence-electron chi connectivity index (χ0n) is 26.6. The highest BCUT2D eigenvalue weighted by Crippen LogP contribution is 2.52. The van der Waals surface area contributed by atoms with E-state index in [0.717, 1.165) is 17.1 Å². The van der Waals surface area contributed by atoms with Crippen molar-refractivity contribution in [3.63, 3.8) is 0 Å². The maximum Gasteiger partial charge on any atom is 0.0719 e. The van der Waals surface area contributed by atoms with Crippen molar-refractivity contribution in [3.8, 4) is 16.8 Å². The smallest absolute Gasteiger partial charge is 0.0719 e. The highest BCUT2D eigenvalue weighted by atomic mass is 32.1. The third-order valence-electron chi connectivity index (χ3n) is 9.75. The van der Waals surface area contributed by atoms with Crippen molar-refractivity contribution in [2.45, 2.75) is 0 Å². The Balaban J connectivity index is 1.41. The second kappa shape index (κ2) is 11.2. The highest BCUT2D eigenvalue weighted by Gasteiger charge is 2.26. The zero-order chi connectivity index (χ0) is 32.3. The van der Waals surface area contributed by atoms with Crippen LogP contribution in [0.5, 0.6) is 0 Å². The number of nitrogens with zero attached hydrogens (tertiary/aromatic N) is 2. The molecule has 3 heteroatoms. The Morgan fingerprint density at radius 1 is 0.449 bits per heavy atom. The first-order valence-electron chi connectivity index (χ1n) is 16.7. The van der Waals surface area contributed by atoms with E-state index in [1.165, 1.54) is 69.6 Å². The largest absolute Gasteiger partial charge is 0.309 e. The molecule has 10 aromatic rings. The number of hydrogen-bond acceptors (Lipinski definition) is 2. The molecule has 0 saturated carbocycles. The normalized spacial score (nSPS) is 11.7. The van der Waals surface area contributed by atoms with Gasteiger partial charge in [-0.1, -0.05) is 133 Å². The molecule has 0 fully saturated rings. The molecule has 0 amide bonds. The van der Waals surface area contributed by atoms with Gasteiger partial charge in [0.15, 0.2) is 0 Å². The van der Waals surface area contributed by atoms with Crippen molar-refractivity contribution in [1.82, 2.24) is 4.57 Å². The molecule has 0 aliphatic heterocycles. The Morgan fingerprint density at radius 3 is 1.94 bits per heavy atom. The lowest BCUT2D eigenvalue weighted by atomic mass is 9.98. The monoisotopic (exact) mass is 642 g/mol. The molecular weight excluding hydrogens is 613 g/mol. The van der Waals surface area contributed by atoms with Crippen LogP contribution in [0.2, 0.25) is 0 Å². The SMILES string of the molecule is c1ccc(-c2ccccc2N(c2c3ccccc3cc3c2sc2ccccc23)c2cccc3c2c2ccccc2n3-c2ccccc2)cc1. The summed E-state index contributed by atoms with van der Waals surface area (Å²) in [6, 6.07) is 66.1. The molecule has 0 radical (unpaired) electrons. The first kappa shape index (κ1) is 27.9. The topological polar surface area (TPSA) is 8.17 Å². The molecule has 0 aliphatic rings. The Bertz CT molecular complexity index is 2830. The van der Waals surface area contributed by atoms with Crippen LogP contribution in [-0.4, -0.2) is 4.57 Å². The fourth-order valence-corrected chi connectivity index (χ4v) is 8.90. The molecule has 0 unspecified atom stereocenters. The summed E-state index contributed by atoms with van der Waals surface area (Å²) >= 11 is 1.89. The number of anilines is 3. The predicted octanol–water partition coefficient (Wildman–Crippen LogP) is 13.4. The highest BCUT2D eigenvalue weighted by molar-refractivity contribution is 7.26. The zero-order valence-corrected chi connectivity index (χ0v) is 27.4. The second-order valence-corrected chi connectivity index (χ2v) is 13.6. The van der Waals surface area contributed by atoms with E-state index in [1.54, 1.807) is 0 Å². The summed E-state index contributed by atoms with van der Waals surface area (Å²) in [5, 5.41) is 7.50. The number of fused-ring (bicyclic) bond motifs is 7. The van der Waals surface area contributed by atoms with Crippen LogP contribution in [0, 0.1) is 0 Å². The maximum atomic E-state index is 2.56. The summed E-state index contributed by atoms with van der Waals surface area (Å²) in [5.41, 5.74) is 9.41. The lowest BCUT2D eigenvalue weighted by Gasteiger charge is -2.30. The van der Waals surface area contributed by atoms with E-state index in [0.29, 0.717) is 0 Å². The van der Waals surface area contributed by atoms with Crippen LogP contribution in [0.15, 0.2) is 182 Å². The summed E-state index contributed by atoms with van der Waals surface area (Å²) in [6.45, 7) is 0. The van der Waals surface area contributed by atoms with Gasteiger partial charge >= 0.3 is 0 Å². The van der Waals surface area contributed by atoms with Crippen molar-refractivity contribution in [3.05, 3.63) is 182 Å².